The van der Waals surface area contributed by atoms with Crippen LogP contribution in [0.2, 0.25) is 0 Å². The van der Waals surface area contributed by atoms with Crippen LogP contribution in [0.4, 0.5) is 4.39 Å². The average molecular weight is 173 g/mol. The van der Waals surface area contributed by atoms with Crippen LogP contribution in [0.1, 0.15) is 19.5 Å². The van der Waals surface area contributed by atoms with E-state index in [0.717, 1.165) is 0 Å². The van der Waals surface area contributed by atoms with Crippen LogP contribution in [-0.2, 0) is 12.1 Å². The Morgan fingerprint density at radius 3 is 2.75 bits per heavy atom. The molecule has 0 amide bonds. The van der Waals surface area contributed by atoms with Crippen molar-refractivity contribution in [3.63, 3.8) is 0 Å². The molecular weight excluding hydrogens is 161 g/mol. The smallest absolute Gasteiger partial charge is 0.114 e. The van der Waals surface area contributed by atoms with Gasteiger partial charge in [0.1, 0.15) is 18.0 Å². The molecular formula is C7H12FN3O. The molecule has 0 radical (unpaired) electrons. The second-order valence-corrected chi connectivity index (χ2v) is 3.11. The number of hydrogen-bond acceptors (Lipinski definition) is 3. The van der Waals surface area contributed by atoms with Gasteiger partial charge < -0.3 is 5.11 Å². The molecule has 0 saturated heterocycles. The molecule has 0 aliphatic rings. The highest BCUT2D eigenvalue weighted by Gasteiger charge is 2.19. The van der Waals surface area contributed by atoms with E-state index in [1.165, 1.54) is 4.68 Å². The van der Waals surface area contributed by atoms with Gasteiger partial charge in [-0.2, -0.15) is 0 Å². The second-order valence-electron chi connectivity index (χ2n) is 3.11. The lowest BCUT2D eigenvalue weighted by atomic mass is 10.1. The molecule has 0 fully saturated rings. The van der Waals surface area contributed by atoms with Crippen molar-refractivity contribution >= 4 is 0 Å². The van der Waals surface area contributed by atoms with Crippen molar-refractivity contribution in [3.8, 4) is 0 Å². The molecule has 0 aromatic carbocycles. The number of aromatic nitrogens is 3. The summed E-state index contributed by atoms with van der Waals surface area (Å²) in [6, 6.07) is 0. The maximum Gasteiger partial charge on any atom is 0.114 e. The first kappa shape index (κ1) is 9.12. The van der Waals surface area contributed by atoms with Crippen LogP contribution in [0.15, 0.2) is 6.20 Å². The Balaban J connectivity index is 2.77. The van der Waals surface area contributed by atoms with E-state index in [4.69, 9.17) is 0 Å². The molecule has 12 heavy (non-hydrogen) atoms. The minimum atomic E-state index is -1.01. The van der Waals surface area contributed by atoms with Gasteiger partial charge >= 0.3 is 0 Å². The van der Waals surface area contributed by atoms with Crippen molar-refractivity contribution in [2.75, 3.05) is 6.67 Å². The molecule has 5 heteroatoms. The Kier molecular flexibility index (Phi) is 2.42. The predicted octanol–water partition coefficient (Wildman–Crippen LogP) is 0.475. The molecule has 1 rings (SSSR count). The Hall–Kier alpha value is -0.970. The molecule has 68 valence electrons. The van der Waals surface area contributed by atoms with E-state index >= 15 is 0 Å². The Labute approximate surface area is 70.0 Å². The zero-order chi connectivity index (χ0) is 9.19. The molecule has 0 aliphatic carbocycles. The van der Waals surface area contributed by atoms with Crippen molar-refractivity contribution in [1.82, 2.24) is 15.0 Å². The standard InChI is InChI=1S/C7H12FN3O/c1-7(2,12)6-5-11(4-3-8)10-9-6/h5,12H,3-4H2,1-2H3. The van der Waals surface area contributed by atoms with Gasteiger partial charge in [-0.1, -0.05) is 5.21 Å². The number of halogens is 1. The summed E-state index contributed by atoms with van der Waals surface area (Å²) in [5.41, 5.74) is -0.551. The van der Waals surface area contributed by atoms with Gasteiger partial charge in [0, 0.05) is 0 Å². The molecule has 1 heterocycles. The number of alkyl halides is 1. The normalized spacial score (nSPS) is 12.0. The maximum absolute atomic E-state index is 11.8. The van der Waals surface area contributed by atoms with Gasteiger partial charge in [0.05, 0.1) is 12.7 Å². The summed E-state index contributed by atoms with van der Waals surface area (Å²) < 4.78 is 13.2. The van der Waals surface area contributed by atoms with Crippen molar-refractivity contribution in [2.24, 2.45) is 0 Å². The molecule has 4 nitrogen and oxygen atoms in total. The summed E-state index contributed by atoms with van der Waals surface area (Å²) in [5, 5.41) is 16.8. The highest BCUT2D eigenvalue weighted by Crippen LogP contribution is 2.15. The molecule has 1 aromatic heterocycles. The number of aliphatic hydroxyl groups is 1. The van der Waals surface area contributed by atoms with E-state index < -0.39 is 12.3 Å². The van der Waals surface area contributed by atoms with E-state index in [1.54, 1.807) is 20.0 Å². The highest BCUT2D eigenvalue weighted by molar-refractivity contribution is 5.02. The van der Waals surface area contributed by atoms with Crippen LogP contribution >= 0.6 is 0 Å². The fourth-order valence-electron chi connectivity index (χ4n) is 0.775. The highest BCUT2D eigenvalue weighted by atomic mass is 19.1. The van der Waals surface area contributed by atoms with Crippen molar-refractivity contribution in [2.45, 2.75) is 26.0 Å². The van der Waals surface area contributed by atoms with Gasteiger partial charge in [0.25, 0.3) is 0 Å². The van der Waals surface area contributed by atoms with Crippen LogP contribution in [-0.4, -0.2) is 26.8 Å². The van der Waals surface area contributed by atoms with Crippen LogP contribution < -0.4 is 0 Å². The molecule has 0 saturated carbocycles. The lowest BCUT2D eigenvalue weighted by Crippen LogP contribution is -2.15. The van der Waals surface area contributed by atoms with E-state index in [9.17, 15) is 9.50 Å². The largest absolute Gasteiger partial charge is 0.384 e. The summed E-state index contributed by atoms with van der Waals surface area (Å²) in [4.78, 5) is 0. The summed E-state index contributed by atoms with van der Waals surface area (Å²) in [6.45, 7) is 2.92. The molecule has 1 aromatic rings. The first-order chi connectivity index (χ1) is 5.54. The fourth-order valence-corrected chi connectivity index (χ4v) is 0.775. The van der Waals surface area contributed by atoms with Gasteiger partial charge in [-0.05, 0) is 13.8 Å². The summed E-state index contributed by atoms with van der Waals surface area (Å²) in [6.07, 6.45) is 1.54. The van der Waals surface area contributed by atoms with E-state index in [1.807, 2.05) is 0 Å². The summed E-state index contributed by atoms with van der Waals surface area (Å²) >= 11 is 0. The third-order valence-electron chi connectivity index (χ3n) is 1.48. The van der Waals surface area contributed by atoms with Crippen molar-refractivity contribution < 1.29 is 9.50 Å². The van der Waals surface area contributed by atoms with Crippen LogP contribution in [0.25, 0.3) is 0 Å². The number of nitrogens with zero attached hydrogens (tertiary/aromatic N) is 3. The minimum Gasteiger partial charge on any atom is -0.384 e. The third kappa shape index (κ3) is 2.01. The van der Waals surface area contributed by atoms with E-state index in [0.29, 0.717) is 5.69 Å². The molecule has 0 bridgehead atoms. The van der Waals surface area contributed by atoms with Gasteiger partial charge in [0.15, 0.2) is 0 Å². The van der Waals surface area contributed by atoms with Gasteiger partial charge in [0.2, 0.25) is 0 Å². The van der Waals surface area contributed by atoms with Crippen LogP contribution in [0, 0.1) is 0 Å². The number of hydrogen-bond donors (Lipinski definition) is 1. The fraction of sp³-hybridized carbons (Fsp3) is 0.714. The predicted molar refractivity (Wildman–Crippen MR) is 41.2 cm³/mol. The molecule has 0 aliphatic heterocycles. The lowest BCUT2D eigenvalue weighted by molar-refractivity contribution is 0.0737. The van der Waals surface area contributed by atoms with Crippen LogP contribution in [0.5, 0.6) is 0 Å². The number of aryl methyl sites for hydroxylation is 1. The zero-order valence-corrected chi connectivity index (χ0v) is 7.16. The topological polar surface area (TPSA) is 50.9 Å². The van der Waals surface area contributed by atoms with Gasteiger partial charge in [-0.3, -0.25) is 0 Å². The number of rotatable bonds is 3. The van der Waals surface area contributed by atoms with E-state index in [2.05, 4.69) is 10.3 Å². The summed E-state index contributed by atoms with van der Waals surface area (Å²) in [5.74, 6) is 0. The average Bonchev–Trinajstić information content (AvgIpc) is 2.35. The maximum atomic E-state index is 11.8. The molecule has 1 N–H and O–H groups in total. The summed E-state index contributed by atoms with van der Waals surface area (Å²) in [7, 11) is 0. The molecule has 0 atom stereocenters. The molecule has 0 unspecified atom stereocenters. The second kappa shape index (κ2) is 3.18. The molecule has 0 spiro atoms. The lowest BCUT2D eigenvalue weighted by Gasteiger charge is -2.11. The van der Waals surface area contributed by atoms with Crippen molar-refractivity contribution in [3.05, 3.63) is 11.9 Å². The third-order valence-corrected chi connectivity index (χ3v) is 1.48. The zero-order valence-electron chi connectivity index (χ0n) is 7.16. The SMILES string of the molecule is CC(C)(O)c1cn(CCF)nn1. The quantitative estimate of drug-likeness (QED) is 0.723. The first-order valence-electron chi connectivity index (χ1n) is 3.73. The van der Waals surface area contributed by atoms with E-state index in [-0.39, 0.29) is 6.54 Å². The Bertz CT molecular complexity index is 253. The Morgan fingerprint density at radius 2 is 2.33 bits per heavy atom. The van der Waals surface area contributed by atoms with Crippen molar-refractivity contribution in [1.29, 1.82) is 0 Å². The van der Waals surface area contributed by atoms with Gasteiger partial charge in [-0.15, -0.1) is 5.10 Å². The van der Waals surface area contributed by atoms with Crippen LogP contribution in [0.3, 0.4) is 0 Å². The van der Waals surface area contributed by atoms with Gasteiger partial charge in [-0.25, -0.2) is 9.07 Å². The Morgan fingerprint density at radius 1 is 1.67 bits per heavy atom. The monoisotopic (exact) mass is 173 g/mol. The minimum absolute atomic E-state index is 0.184. The first-order valence-corrected chi connectivity index (χ1v) is 3.73.